The largest absolute Gasteiger partial charge is 0.310 e. The van der Waals surface area contributed by atoms with E-state index in [0.29, 0.717) is 11.9 Å². The van der Waals surface area contributed by atoms with E-state index in [1.165, 1.54) is 12.0 Å². The van der Waals surface area contributed by atoms with Gasteiger partial charge in [0.25, 0.3) is 0 Å². The van der Waals surface area contributed by atoms with Crippen molar-refractivity contribution in [3.63, 3.8) is 0 Å². The summed E-state index contributed by atoms with van der Waals surface area (Å²) >= 11 is 0. The maximum atomic E-state index is 3.96. The molecule has 2 aromatic rings. The summed E-state index contributed by atoms with van der Waals surface area (Å²) in [5.74, 6) is 0.649. The summed E-state index contributed by atoms with van der Waals surface area (Å²) < 4.78 is 0. The average molecular weight is 201 g/mol. The second-order valence-corrected chi connectivity index (χ2v) is 3.66. The highest BCUT2D eigenvalue weighted by Crippen LogP contribution is 2.25. The van der Waals surface area contributed by atoms with Crippen LogP contribution in [0.2, 0.25) is 0 Å². The molecular formula is C10H11N5. The summed E-state index contributed by atoms with van der Waals surface area (Å²) in [6.07, 6.45) is 1.20. The summed E-state index contributed by atoms with van der Waals surface area (Å²) in [4.78, 5) is 0. The molecule has 2 N–H and O–H groups in total. The number of hydrogen-bond acceptors (Lipinski definition) is 4. The molecule has 5 nitrogen and oxygen atoms in total. The molecule has 1 aromatic heterocycles. The van der Waals surface area contributed by atoms with Crippen molar-refractivity contribution in [2.75, 3.05) is 6.54 Å². The number of aromatic amines is 1. The number of nitrogens with one attached hydrogen (secondary N) is 2. The second kappa shape index (κ2) is 3.43. The van der Waals surface area contributed by atoms with Crippen LogP contribution in [0.25, 0.3) is 11.4 Å². The van der Waals surface area contributed by atoms with E-state index in [9.17, 15) is 0 Å². The van der Waals surface area contributed by atoms with Crippen LogP contribution in [0.5, 0.6) is 0 Å². The van der Waals surface area contributed by atoms with Crippen molar-refractivity contribution >= 4 is 0 Å². The first kappa shape index (κ1) is 8.55. The number of rotatable bonds is 2. The average Bonchev–Trinajstić information content (AvgIpc) is 2.68. The molecule has 1 saturated heterocycles. The van der Waals surface area contributed by atoms with E-state index in [1.54, 1.807) is 0 Å². The molecule has 3 rings (SSSR count). The van der Waals surface area contributed by atoms with E-state index in [-0.39, 0.29) is 0 Å². The third-order valence-electron chi connectivity index (χ3n) is 2.72. The molecule has 1 unspecified atom stereocenters. The predicted molar refractivity (Wildman–Crippen MR) is 55.0 cm³/mol. The molecule has 5 heteroatoms. The third-order valence-corrected chi connectivity index (χ3v) is 2.72. The fourth-order valence-electron chi connectivity index (χ4n) is 1.75. The molecular weight excluding hydrogens is 190 g/mol. The zero-order valence-corrected chi connectivity index (χ0v) is 8.14. The zero-order valence-electron chi connectivity index (χ0n) is 8.14. The van der Waals surface area contributed by atoms with E-state index in [2.05, 4.69) is 38.1 Å². The zero-order chi connectivity index (χ0) is 10.1. The van der Waals surface area contributed by atoms with E-state index in [1.807, 2.05) is 12.1 Å². The normalized spacial score (nSPS) is 19.9. The van der Waals surface area contributed by atoms with Gasteiger partial charge < -0.3 is 5.32 Å². The number of benzene rings is 1. The lowest BCUT2D eigenvalue weighted by Crippen LogP contribution is -2.34. The Morgan fingerprint density at radius 2 is 2.27 bits per heavy atom. The van der Waals surface area contributed by atoms with Crippen molar-refractivity contribution in [1.82, 2.24) is 25.9 Å². The molecule has 1 aromatic carbocycles. The summed E-state index contributed by atoms with van der Waals surface area (Å²) in [6, 6.07) is 8.76. The minimum atomic E-state index is 0.497. The minimum absolute atomic E-state index is 0.497. The standard InChI is InChI=1S/C10H11N5/c1-2-7(9-4-5-11-9)6-8(3-1)10-12-14-15-13-10/h1-3,6,9,11H,4-5H2,(H,12,13,14,15). The van der Waals surface area contributed by atoms with Gasteiger partial charge in [-0.25, -0.2) is 0 Å². The fourth-order valence-corrected chi connectivity index (χ4v) is 1.75. The number of H-pyrrole nitrogens is 1. The smallest absolute Gasteiger partial charge is 0.204 e. The highest BCUT2D eigenvalue weighted by Gasteiger charge is 2.18. The van der Waals surface area contributed by atoms with Crippen LogP contribution in [0.4, 0.5) is 0 Å². The summed E-state index contributed by atoms with van der Waals surface area (Å²) in [5, 5.41) is 17.3. The maximum Gasteiger partial charge on any atom is 0.204 e. The molecule has 0 bridgehead atoms. The van der Waals surface area contributed by atoms with E-state index < -0.39 is 0 Å². The first-order valence-corrected chi connectivity index (χ1v) is 5.00. The summed E-state index contributed by atoms with van der Waals surface area (Å²) in [5.41, 5.74) is 2.30. The molecule has 1 fully saturated rings. The van der Waals surface area contributed by atoms with Crippen LogP contribution in [0.3, 0.4) is 0 Å². The number of hydrogen-bond donors (Lipinski definition) is 2. The van der Waals surface area contributed by atoms with Crippen LogP contribution >= 0.6 is 0 Å². The van der Waals surface area contributed by atoms with Crippen LogP contribution in [-0.2, 0) is 0 Å². The van der Waals surface area contributed by atoms with Crippen molar-refractivity contribution in [2.24, 2.45) is 0 Å². The predicted octanol–water partition coefficient (Wildman–Crippen LogP) is 0.901. The van der Waals surface area contributed by atoms with Gasteiger partial charge in [0.15, 0.2) is 0 Å². The highest BCUT2D eigenvalue weighted by atomic mass is 15.5. The minimum Gasteiger partial charge on any atom is -0.310 e. The molecule has 15 heavy (non-hydrogen) atoms. The van der Waals surface area contributed by atoms with Crippen molar-refractivity contribution in [3.05, 3.63) is 29.8 Å². The van der Waals surface area contributed by atoms with Gasteiger partial charge in [-0.3, -0.25) is 0 Å². The Morgan fingerprint density at radius 3 is 2.93 bits per heavy atom. The SMILES string of the molecule is c1cc(-c2nn[nH]n2)cc(C2CCN2)c1. The van der Waals surface area contributed by atoms with Gasteiger partial charge >= 0.3 is 0 Å². The lowest BCUT2D eigenvalue weighted by atomic mass is 9.96. The summed E-state index contributed by atoms with van der Waals surface area (Å²) in [6.45, 7) is 1.11. The Morgan fingerprint density at radius 1 is 1.33 bits per heavy atom. The molecule has 0 saturated carbocycles. The van der Waals surface area contributed by atoms with E-state index >= 15 is 0 Å². The van der Waals surface area contributed by atoms with Crippen molar-refractivity contribution in [3.8, 4) is 11.4 Å². The molecule has 0 radical (unpaired) electrons. The lowest BCUT2D eigenvalue weighted by Gasteiger charge is -2.28. The quantitative estimate of drug-likeness (QED) is 0.757. The van der Waals surface area contributed by atoms with Crippen LogP contribution in [0.1, 0.15) is 18.0 Å². The molecule has 0 amide bonds. The van der Waals surface area contributed by atoms with Gasteiger partial charge in [-0.15, -0.1) is 10.2 Å². The molecule has 1 aliphatic rings. The van der Waals surface area contributed by atoms with Gasteiger partial charge in [-0.05, 0) is 29.8 Å². The topological polar surface area (TPSA) is 66.5 Å². The van der Waals surface area contributed by atoms with Crippen LogP contribution in [-0.4, -0.2) is 27.2 Å². The van der Waals surface area contributed by atoms with Crippen molar-refractivity contribution < 1.29 is 0 Å². The molecule has 1 atom stereocenters. The monoisotopic (exact) mass is 201 g/mol. The molecule has 2 heterocycles. The van der Waals surface area contributed by atoms with Crippen LogP contribution in [0.15, 0.2) is 24.3 Å². The first-order valence-electron chi connectivity index (χ1n) is 5.00. The van der Waals surface area contributed by atoms with Gasteiger partial charge in [0, 0.05) is 11.6 Å². The van der Waals surface area contributed by atoms with E-state index in [0.717, 1.165) is 12.1 Å². The fraction of sp³-hybridized carbons (Fsp3) is 0.300. The number of aromatic nitrogens is 4. The van der Waals surface area contributed by atoms with Gasteiger partial charge in [0.1, 0.15) is 0 Å². The Kier molecular flexibility index (Phi) is 1.96. The third kappa shape index (κ3) is 1.50. The molecule has 0 spiro atoms. The number of nitrogens with zero attached hydrogens (tertiary/aromatic N) is 3. The molecule has 76 valence electrons. The van der Waals surface area contributed by atoms with Gasteiger partial charge in [0.2, 0.25) is 5.82 Å². The molecule has 0 aliphatic carbocycles. The van der Waals surface area contributed by atoms with Crippen LogP contribution < -0.4 is 5.32 Å². The van der Waals surface area contributed by atoms with Gasteiger partial charge in [0.05, 0.1) is 0 Å². The van der Waals surface area contributed by atoms with Crippen molar-refractivity contribution in [1.29, 1.82) is 0 Å². The van der Waals surface area contributed by atoms with Gasteiger partial charge in [-0.2, -0.15) is 5.21 Å². The first-order chi connectivity index (χ1) is 7.43. The molecule has 1 aliphatic heterocycles. The second-order valence-electron chi connectivity index (χ2n) is 3.66. The van der Waals surface area contributed by atoms with Gasteiger partial charge in [-0.1, -0.05) is 18.2 Å². The van der Waals surface area contributed by atoms with E-state index in [4.69, 9.17) is 0 Å². The summed E-state index contributed by atoms with van der Waals surface area (Å²) in [7, 11) is 0. The Labute approximate surface area is 86.9 Å². The lowest BCUT2D eigenvalue weighted by molar-refractivity contribution is 0.383. The maximum absolute atomic E-state index is 3.96. The van der Waals surface area contributed by atoms with Crippen molar-refractivity contribution in [2.45, 2.75) is 12.5 Å². The Balaban J connectivity index is 1.95. The number of tetrazole rings is 1. The van der Waals surface area contributed by atoms with Crippen LogP contribution in [0, 0.1) is 0 Å². The Bertz CT molecular complexity index is 447. The Hall–Kier alpha value is -1.75. The highest BCUT2D eigenvalue weighted by molar-refractivity contribution is 5.55.